The van der Waals surface area contributed by atoms with E-state index in [4.69, 9.17) is 0 Å². The van der Waals surface area contributed by atoms with E-state index >= 15 is 0 Å². The summed E-state index contributed by atoms with van der Waals surface area (Å²) in [5.41, 5.74) is 0. The first-order valence-electron chi connectivity index (χ1n) is 5.42. The Morgan fingerprint density at radius 1 is 1.00 bits per heavy atom. The maximum Gasteiger partial charge on any atom is 0.00611 e. The zero-order valence-corrected chi connectivity index (χ0v) is 10.4. The topological polar surface area (TPSA) is 3.24 Å². The second-order valence-electron chi connectivity index (χ2n) is 2.33. The molecule has 86 valence electrons. The number of hydrogen-bond donors (Lipinski definition) is 0. The number of nitrogens with zero attached hydrogens (tertiary/aromatic N) is 1. The van der Waals surface area contributed by atoms with Gasteiger partial charge in [-0.1, -0.05) is 49.0 Å². The van der Waals surface area contributed by atoms with Crippen molar-refractivity contribution in [3.05, 3.63) is 0 Å². The molecular weight excluding hydrogens is 158 g/mol. The lowest BCUT2D eigenvalue weighted by molar-refractivity contribution is 0.265. The number of hydrogen-bond acceptors (Lipinski definition) is 1. The van der Waals surface area contributed by atoms with Crippen molar-refractivity contribution >= 4 is 0 Å². The fourth-order valence-electron chi connectivity index (χ4n) is 0.623. The lowest BCUT2D eigenvalue weighted by Gasteiger charge is -2.20. The molecule has 0 N–H and O–H groups in total. The highest BCUT2D eigenvalue weighted by molar-refractivity contribution is 4.56. The van der Waals surface area contributed by atoms with Crippen LogP contribution in [0.25, 0.3) is 0 Å². The van der Waals surface area contributed by atoms with E-state index in [2.05, 4.69) is 32.7 Å². The zero-order chi connectivity index (χ0) is 10.6. The summed E-state index contributed by atoms with van der Waals surface area (Å²) in [5.74, 6) is 0. The predicted octanol–water partition coefficient (Wildman–Crippen LogP) is 4.43. The zero-order valence-electron chi connectivity index (χ0n) is 10.4. The van der Waals surface area contributed by atoms with Gasteiger partial charge < -0.3 is 4.90 Å². The lowest BCUT2D eigenvalue weighted by atomic mass is 10.2. The standard InChI is InChI=1S/C7H17N.2C2H6.CH4/c1-5-7(3)8(4)6-2;2*1-2;/h7H,5-6H2,1-4H3;2*1-2H3;1H4. The molecule has 0 amide bonds. The van der Waals surface area contributed by atoms with Crippen LogP contribution in [0.5, 0.6) is 0 Å². The Labute approximate surface area is 87.5 Å². The SMILES string of the molecule is C.CC.CC.CCC(C)N(C)CC. The van der Waals surface area contributed by atoms with Crippen LogP contribution in [0, 0.1) is 0 Å². The first-order chi connectivity index (χ1) is 5.72. The Morgan fingerprint density at radius 2 is 1.31 bits per heavy atom. The van der Waals surface area contributed by atoms with Gasteiger partial charge in [0.2, 0.25) is 0 Å². The summed E-state index contributed by atoms with van der Waals surface area (Å²) in [6.45, 7) is 15.8. The molecule has 0 heterocycles. The average Bonchev–Trinajstić information content (AvgIpc) is 2.21. The molecule has 13 heavy (non-hydrogen) atoms. The fourth-order valence-corrected chi connectivity index (χ4v) is 0.623. The highest BCUT2D eigenvalue weighted by Crippen LogP contribution is 1.97. The molecule has 0 aromatic rings. The van der Waals surface area contributed by atoms with Crippen LogP contribution in [0.2, 0.25) is 0 Å². The van der Waals surface area contributed by atoms with Crippen LogP contribution in [0.15, 0.2) is 0 Å². The minimum atomic E-state index is 0. The maximum absolute atomic E-state index is 2.35. The third kappa shape index (κ3) is 18.7. The van der Waals surface area contributed by atoms with E-state index in [1.54, 1.807) is 0 Å². The summed E-state index contributed by atoms with van der Waals surface area (Å²) in [5, 5.41) is 0. The van der Waals surface area contributed by atoms with E-state index in [0.717, 1.165) is 12.6 Å². The summed E-state index contributed by atoms with van der Waals surface area (Å²) in [6, 6.07) is 0.750. The first-order valence-corrected chi connectivity index (χ1v) is 5.42. The van der Waals surface area contributed by atoms with Crippen LogP contribution >= 0.6 is 0 Å². The molecule has 1 nitrogen and oxygen atoms in total. The molecule has 1 unspecified atom stereocenters. The molecular formula is C12H33N. The Hall–Kier alpha value is -0.0400. The molecule has 1 heteroatoms. The van der Waals surface area contributed by atoms with Crippen molar-refractivity contribution in [2.24, 2.45) is 0 Å². The Kier molecular flexibility index (Phi) is 40.3. The molecule has 0 bridgehead atoms. The van der Waals surface area contributed by atoms with Gasteiger partial charge in [0, 0.05) is 6.04 Å². The quantitative estimate of drug-likeness (QED) is 0.638. The molecule has 0 saturated heterocycles. The summed E-state index contributed by atoms with van der Waals surface area (Å²) in [4.78, 5) is 2.35. The molecule has 0 aromatic heterocycles. The van der Waals surface area contributed by atoms with Crippen molar-refractivity contribution in [1.82, 2.24) is 4.90 Å². The Morgan fingerprint density at radius 3 is 1.38 bits per heavy atom. The smallest absolute Gasteiger partial charge is 0.00611 e. The van der Waals surface area contributed by atoms with Crippen LogP contribution in [-0.2, 0) is 0 Å². The largest absolute Gasteiger partial charge is 0.304 e. The van der Waals surface area contributed by atoms with Crippen LogP contribution < -0.4 is 0 Å². The number of rotatable bonds is 3. The monoisotopic (exact) mass is 191 g/mol. The molecule has 0 saturated carbocycles. The fraction of sp³-hybridized carbons (Fsp3) is 1.00. The summed E-state index contributed by atoms with van der Waals surface area (Å²) >= 11 is 0. The van der Waals surface area contributed by atoms with Crippen molar-refractivity contribution in [2.45, 2.75) is 68.4 Å². The molecule has 0 fully saturated rings. The molecule has 0 radical (unpaired) electrons. The third-order valence-corrected chi connectivity index (χ3v) is 1.84. The predicted molar refractivity (Wildman–Crippen MR) is 67.5 cm³/mol. The average molecular weight is 191 g/mol. The van der Waals surface area contributed by atoms with Gasteiger partial charge in [-0.2, -0.15) is 0 Å². The van der Waals surface area contributed by atoms with Crippen molar-refractivity contribution < 1.29 is 0 Å². The van der Waals surface area contributed by atoms with Gasteiger partial charge in [0.1, 0.15) is 0 Å². The summed E-state index contributed by atoms with van der Waals surface area (Å²) < 4.78 is 0. The minimum absolute atomic E-state index is 0. The second kappa shape index (κ2) is 22.7. The van der Waals surface area contributed by atoms with Crippen LogP contribution in [0.3, 0.4) is 0 Å². The molecule has 0 aliphatic heterocycles. The van der Waals surface area contributed by atoms with Crippen LogP contribution in [0.4, 0.5) is 0 Å². The maximum atomic E-state index is 2.35. The normalized spacial score (nSPS) is 9.92. The van der Waals surface area contributed by atoms with Crippen LogP contribution in [-0.4, -0.2) is 24.5 Å². The van der Waals surface area contributed by atoms with Gasteiger partial charge >= 0.3 is 0 Å². The van der Waals surface area contributed by atoms with Crippen molar-refractivity contribution in [3.63, 3.8) is 0 Å². The molecule has 0 aliphatic rings. The van der Waals surface area contributed by atoms with E-state index in [9.17, 15) is 0 Å². The van der Waals surface area contributed by atoms with Gasteiger partial charge in [0.25, 0.3) is 0 Å². The van der Waals surface area contributed by atoms with Crippen LogP contribution in [0.1, 0.15) is 62.3 Å². The van der Waals surface area contributed by atoms with E-state index in [1.807, 2.05) is 27.7 Å². The van der Waals surface area contributed by atoms with E-state index in [1.165, 1.54) is 6.42 Å². The van der Waals surface area contributed by atoms with Gasteiger partial charge in [-0.05, 0) is 26.9 Å². The Balaban J connectivity index is -0.0000000712. The summed E-state index contributed by atoms with van der Waals surface area (Å²) in [6.07, 6.45) is 1.25. The molecule has 0 aromatic carbocycles. The van der Waals surface area contributed by atoms with Gasteiger partial charge in [-0.25, -0.2) is 0 Å². The van der Waals surface area contributed by atoms with Gasteiger partial charge in [0.15, 0.2) is 0 Å². The van der Waals surface area contributed by atoms with Crippen molar-refractivity contribution in [2.75, 3.05) is 13.6 Å². The van der Waals surface area contributed by atoms with Crippen molar-refractivity contribution in [3.8, 4) is 0 Å². The highest BCUT2D eigenvalue weighted by atomic mass is 15.1. The summed E-state index contributed by atoms with van der Waals surface area (Å²) in [7, 11) is 2.16. The molecule has 0 spiro atoms. The van der Waals surface area contributed by atoms with Gasteiger partial charge in [-0.15, -0.1) is 0 Å². The molecule has 0 rings (SSSR count). The lowest BCUT2D eigenvalue weighted by Crippen LogP contribution is -2.27. The third-order valence-electron chi connectivity index (χ3n) is 1.84. The van der Waals surface area contributed by atoms with Gasteiger partial charge in [0.05, 0.1) is 0 Å². The first kappa shape index (κ1) is 23.1. The molecule has 0 aliphatic carbocycles. The highest BCUT2D eigenvalue weighted by Gasteiger charge is 2.01. The van der Waals surface area contributed by atoms with E-state index < -0.39 is 0 Å². The van der Waals surface area contributed by atoms with E-state index in [-0.39, 0.29) is 7.43 Å². The van der Waals surface area contributed by atoms with E-state index in [0.29, 0.717) is 0 Å². The van der Waals surface area contributed by atoms with Gasteiger partial charge in [-0.3, -0.25) is 0 Å². The second-order valence-corrected chi connectivity index (χ2v) is 2.33. The Bertz CT molecular complexity index is 45.1. The van der Waals surface area contributed by atoms with Crippen molar-refractivity contribution in [1.29, 1.82) is 0 Å². The molecule has 1 atom stereocenters. The minimum Gasteiger partial charge on any atom is -0.304 e.